The molecule has 2 heterocycles. The van der Waals surface area contributed by atoms with E-state index >= 15 is 0 Å². The van der Waals surface area contributed by atoms with Gasteiger partial charge in [-0.25, -0.2) is 0 Å². The van der Waals surface area contributed by atoms with Crippen LogP contribution in [0, 0.1) is 0 Å². The predicted octanol–water partition coefficient (Wildman–Crippen LogP) is 1.11. The van der Waals surface area contributed by atoms with Crippen molar-refractivity contribution >= 4 is 5.97 Å². The second kappa shape index (κ2) is 6.83. The van der Waals surface area contributed by atoms with Gasteiger partial charge in [0.1, 0.15) is 6.10 Å². The Morgan fingerprint density at radius 2 is 2.12 bits per heavy atom. The first kappa shape index (κ1) is 13.4. The van der Waals surface area contributed by atoms with E-state index in [9.17, 15) is 4.79 Å². The van der Waals surface area contributed by atoms with E-state index in [0.717, 1.165) is 13.0 Å². The molecule has 5 nitrogen and oxygen atoms in total. The standard InChI is InChI=1S/C7H12O3.C4H8O2/c1-5-9-4-7-6(10-5)2-3-8-7;1-3-6-4(2)5/h5-7H,2-4H2,1H3;3H2,1-2H3. The Hall–Kier alpha value is -0.650. The molecule has 2 aliphatic heterocycles. The molecule has 0 aliphatic carbocycles. The number of carbonyl (C=O) groups excluding carboxylic acids is 1. The summed E-state index contributed by atoms with van der Waals surface area (Å²) in [6.45, 7) is 7.10. The third-order valence-electron chi connectivity index (χ3n) is 2.36. The fraction of sp³-hybridized carbons (Fsp3) is 0.909. The van der Waals surface area contributed by atoms with Gasteiger partial charge < -0.3 is 18.9 Å². The van der Waals surface area contributed by atoms with E-state index in [-0.39, 0.29) is 18.4 Å². The lowest BCUT2D eigenvalue weighted by molar-refractivity contribution is -0.229. The van der Waals surface area contributed by atoms with Gasteiger partial charge >= 0.3 is 5.97 Å². The van der Waals surface area contributed by atoms with E-state index in [2.05, 4.69) is 4.74 Å². The van der Waals surface area contributed by atoms with Crippen LogP contribution in [0.5, 0.6) is 0 Å². The first-order chi connectivity index (χ1) is 7.63. The van der Waals surface area contributed by atoms with Gasteiger partial charge in [-0.05, 0) is 20.3 Å². The SMILES string of the molecule is CC1OCC2OCCC2O1.CCOC(C)=O. The maximum absolute atomic E-state index is 9.82. The summed E-state index contributed by atoms with van der Waals surface area (Å²) >= 11 is 0. The van der Waals surface area contributed by atoms with Crippen molar-refractivity contribution in [2.45, 2.75) is 45.7 Å². The van der Waals surface area contributed by atoms with Crippen LogP contribution in [0.4, 0.5) is 0 Å². The van der Waals surface area contributed by atoms with Crippen molar-refractivity contribution in [3.8, 4) is 0 Å². The predicted molar refractivity (Wildman–Crippen MR) is 57.0 cm³/mol. The van der Waals surface area contributed by atoms with Crippen molar-refractivity contribution in [1.82, 2.24) is 0 Å². The lowest BCUT2D eigenvalue weighted by Gasteiger charge is -2.29. The van der Waals surface area contributed by atoms with Crippen LogP contribution in [0.25, 0.3) is 0 Å². The topological polar surface area (TPSA) is 54.0 Å². The molecule has 0 N–H and O–H groups in total. The van der Waals surface area contributed by atoms with Crippen molar-refractivity contribution in [3.05, 3.63) is 0 Å². The van der Waals surface area contributed by atoms with Crippen molar-refractivity contribution in [3.63, 3.8) is 0 Å². The average molecular weight is 232 g/mol. The van der Waals surface area contributed by atoms with Crippen LogP contribution in [0.3, 0.4) is 0 Å². The molecule has 0 amide bonds. The molecule has 2 rings (SSSR count). The first-order valence-electron chi connectivity index (χ1n) is 5.65. The highest BCUT2D eigenvalue weighted by atomic mass is 16.7. The van der Waals surface area contributed by atoms with Crippen molar-refractivity contribution < 1.29 is 23.7 Å². The molecule has 0 spiro atoms. The van der Waals surface area contributed by atoms with Crippen molar-refractivity contribution in [1.29, 1.82) is 0 Å². The second-order valence-electron chi connectivity index (χ2n) is 3.70. The summed E-state index contributed by atoms with van der Waals surface area (Å²) < 4.78 is 20.5. The monoisotopic (exact) mass is 232 g/mol. The van der Waals surface area contributed by atoms with Crippen LogP contribution in [-0.2, 0) is 23.7 Å². The number of rotatable bonds is 1. The molecule has 0 aromatic rings. The number of esters is 1. The Bertz CT molecular complexity index is 218. The molecule has 0 aromatic heterocycles. The number of hydrogen-bond acceptors (Lipinski definition) is 5. The lowest BCUT2D eigenvalue weighted by Crippen LogP contribution is -2.39. The summed E-state index contributed by atoms with van der Waals surface area (Å²) in [6, 6.07) is 0. The Morgan fingerprint density at radius 3 is 2.69 bits per heavy atom. The van der Waals surface area contributed by atoms with Crippen LogP contribution in [0.1, 0.15) is 27.2 Å². The van der Waals surface area contributed by atoms with Gasteiger partial charge in [0, 0.05) is 13.5 Å². The molecule has 2 aliphatic rings. The van der Waals surface area contributed by atoms with E-state index < -0.39 is 0 Å². The van der Waals surface area contributed by atoms with Gasteiger partial charge in [-0.3, -0.25) is 4.79 Å². The molecule has 16 heavy (non-hydrogen) atoms. The van der Waals surface area contributed by atoms with Crippen molar-refractivity contribution in [2.75, 3.05) is 19.8 Å². The zero-order valence-corrected chi connectivity index (χ0v) is 10.1. The van der Waals surface area contributed by atoms with E-state index in [1.807, 2.05) is 6.92 Å². The summed E-state index contributed by atoms with van der Waals surface area (Å²) in [4.78, 5) is 9.82. The molecule has 3 unspecified atom stereocenters. The quantitative estimate of drug-likeness (QED) is 0.634. The molecule has 0 aromatic carbocycles. The molecule has 2 saturated heterocycles. The summed E-state index contributed by atoms with van der Waals surface area (Å²) in [5.41, 5.74) is 0. The van der Waals surface area contributed by atoms with E-state index in [4.69, 9.17) is 14.2 Å². The third kappa shape index (κ3) is 4.47. The number of carbonyl (C=O) groups is 1. The Morgan fingerprint density at radius 1 is 1.38 bits per heavy atom. The zero-order valence-electron chi connectivity index (χ0n) is 10.1. The number of hydrogen-bond donors (Lipinski definition) is 0. The minimum Gasteiger partial charge on any atom is -0.466 e. The number of ether oxygens (including phenoxy) is 4. The van der Waals surface area contributed by atoms with Gasteiger partial charge in [0.05, 0.1) is 19.3 Å². The smallest absolute Gasteiger partial charge is 0.302 e. The summed E-state index contributed by atoms with van der Waals surface area (Å²) in [5, 5.41) is 0. The van der Waals surface area contributed by atoms with Crippen LogP contribution in [-0.4, -0.2) is 44.3 Å². The van der Waals surface area contributed by atoms with E-state index in [0.29, 0.717) is 19.3 Å². The summed E-state index contributed by atoms with van der Waals surface area (Å²) in [5.74, 6) is -0.211. The second-order valence-corrected chi connectivity index (χ2v) is 3.70. The zero-order chi connectivity index (χ0) is 12.0. The minimum atomic E-state index is -0.211. The van der Waals surface area contributed by atoms with Gasteiger partial charge in [-0.1, -0.05) is 0 Å². The van der Waals surface area contributed by atoms with Crippen LogP contribution < -0.4 is 0 Å². The Labute approximate surface area is 96.0 Å². The maximum atomic E-state index is 9.82. The molecule has 3 atom stereocenters. The fourth-order valence-electron chi connectivity index (χ4n) is 1.66. The normalized spacial score (nSPS) is 32.3. The largest absolute Gasteiger partial charge is 0.466 e. The van der Waals surface area contributed by atoms with Gasteiger partial charge in [0.2, 0.25) is 0 Å². The molecule has 94 valence electrons. The van der Waals surface area contributed by atoms with Gasteiger partial charge in [-0.2, -0.15) is 0 Å². The maximum Gasteiger partial charge on any atom is 0.302 e. The molecular formula is C11H20O5. The minimum absolute atomic E-state index is 0.0389. The highest BCUT2D eigenvalue weighted by molar-refractivity contribution is 5.65. The Kier molecular flexibility index (Phi) is 5.73. The van der Waals surface area contributed by atoms with Gasteiger partial charge in [0.25, 0.3) is 0 Å². The molecule has 5 heteroatoms. The van der Waals surface area contributed by atoms with Gasteiger partial charge in [-0.15, -0.1) is 0 Å². The molecule has 0 bridgehead atoms. The first-order valence-corrected chi connectivity index (χ1v) is 5.65. The highest BCUT2D eigenvalue weighted by Crippen LogP contribution is 2.23. The van der Waals surface area contributed by atoms with Crippen LogP contribution >= 0.6 is 0 Å². The highest BCUT2D eigenvalue weighted by Gasteiger charge is 2.34. The third-order valence-corrected chi connectivity index (χ3v) is 2.36. The lowest BCUT2D eigenvalue weighted by atomic mass is 10.2. The van der Waals surface area contributed by atoms with Gasteiger partial charge in [0.15, 0.2) is 6.29 Å². The summed E-state index contributed by atoms with van der Waals surface area (Å²) in [7, 11) is 0. The van der Waals surface area contributed by atoms with E-state index in [1.54, 1.807) is 6.92 Å². The molecule has 0 saturated carbocycles. The molecule has 2 fully saturated rings. The fourth-order valence-corrected chi connectivity index (χ4v) is 1.66. The number of fused-ring (bicyclic) bond motifs is 1. The summed E-state index contributed by atoms with van der Waals surface area (Å²) in [6.07, 6.45) is 1.49. The molecule has 0 radical (unpaired) electrons. The van der Waals surface area contributed by atoms with E-state index in [1.165, 1.54) is 6.92 Å². The van der Waals surface area contributed by atoms with Crippen LogP contribution in [0.2, 0.25) is 0 Å². The average Bonchev–Trinajstić information content (AvgIpc) is 2.65. The Balaban J connectivity index is 0.000000187. The molecular weight excluding hydrogens is 212 g/mol. The van der Waals surface area contributed by atoms with Crippen LogP contribution in [0.15, 0.2) is 0 Å². The van der Waals surface area contributed by atoms with Crippen molar-refractivity contribution in [2.24, 2.45) is 0 Å².